The van der Waals surface area contributed by atoms with Gasteiger partial charge in [0, 0.05) is 99.1 Å². The Morgan fingerprint density at radius 1 is 0.544 bits per heavy atom. The molecule has 0 bridgehead atoms. The van der Waals surface area contributed by atoms with Crippen LogP contribution >= 0.6 is 0 Å². The van der Waals surface area contributed by atoms with Gasteiger partial charge in [-0.15, -0.1) is 0 Å². The summed E-state index contributed by atoms with van der Waals surface area (Å²) in [4.78, 5) is 286. The largest absolute Gasteiger partial charge is 0.481 e. The predicted octanol–water partition coefficient (Wildman–Crippen LogP) is -2.92. The number of aromatic nitrogens is 1. The number of benzene rings is 4. The fourth-order valence-electron chi connectivity index (χ4n) is 15.0. The maximum absolute atomic E-state index is 15.1. The third-order valence-electron chi connectivity index (χ3n) is 22.5. The van der Waals surface area contributed by atoms with Crippen molar-refractivity contribution < 1.29 is 126 Å². The van der Waals surface area contributed by atoms with Crippen molar-refractivity contribution >= 4 is 135 Å². The molecule has 2 saturated heterocycles. The zero-order valence-corrected chi connectivity index (χ0v) is 76.1. The third kappa shape index (κ3) is 35.9. The molecule has 1 aromatic heterocycles. The molecule has 24 N–H and O–H groups in total. The number of para-hydroxylation sites is 2. The number of carbonyl (C=O) groups is 20. The number of rotatable bonds is 41. The molecule has 136 heavy (non-hydrogen) atoms. The standard InChI is InChI=1S/C91H123N19O26/c1-5-6-7-8-9-10-14-27-72(115)100-64(40-57-46-95-61-25-18-16-22-58(57)61)85(129)104-65(42-71(93)114)86(130)102-63(32-38-111)83(127)108-79-53(4)136-91(135)68(41-70(113)59-23-15-17-24-60(59)92)106-89(133)78(51(2)39-75(118)119)107-87(131)69(50-112)101-74(117)47-96-81(125)66(43-76(120)121)103-80(124)52(3)98-84(128)67(44-77(122)123)105-82(126)62(99-73(116)48-97-88(79)132)26-19-33-94-45-54-28-30-56(31-29-54)90(134)110-36-34-109(35-37-110)49-55-20-12-11-13-21-55/h11-13,15-18,20-25,28-31,46,51-53,62-69,78-79,94-95,111-112H,5-10,14,19,26-27,32-45,47-50,92H2,1-4H3,(H2,93,114)(H,96,125)(H,97,132)(H,98,128)(H,99,116)(H,100,115)(H,101,117)(H,102,130)(H,103,124)(H,104,129)(H,105,126)(H,106,133)(H,107,131)(H,108,127)(H,118,119)(H,120,121)(H,122,123)/t51-,52-,53-,62+,63+,64+,65+,66+,67+,68+,69-,78+,79+/m1/s1. The van der Waals surface area contributed by atoms with Crippen molar-refractivity contribution in [3.05, 3.63) is 137 Å². The van der Waals surface area contributed by atoms with Crippen LogP contribution in [0.5, 0.6) is 0 Å². The number of nitrogens with one attached hydrogen (secondary N) is 15. The molecule has 13 atom stereocenters. The first kappa shape index (κ1) is 109. The van der Waals surface area contributed by atoms with Gasteiger partial charge in [0.15, 0.2) is 5.78 Å². The molecule has 5 aromatic rings. The maximum atomic E-state index is 15.1. The number of anilines is 1. The number of hydrogen-bond donors (Lipinski definition) is 22. The summed E-state index contributed by atoms with van der Waals surface area (Å²) >= 11 is 0. The van der Waals surface area contributed by atoms with Crippen LogP contribution in [0.3, 0.4) is 0 Å². The second-order valence-corrected chi connectivity index (χ2v) is 33.3. The minimum atomic E-state index is -2.36. The van der Waals surface area contributed by atoms with Crippen molar-refractivity contribution in [3.63, 3.8) is 0 Å². The number of hydrogen-bond acceptors (Lipinski definition) is 26. The number of aliphatic hydroxyl groups is 2. The second kappa shape index (κ2) is 55.4. The van der Waals surface area contributed by atoms with E-state index in [0.29, 0.717) is 66.6 Å². The number of piperazine rings is 1. The molecule has 15 amide bonds. The Balaban J connectivity index is 1.23. The fraction of sp³-hybridized carbons (Fsp3) is 0.495. The van der Waals surface area contributed by atoms with Crippen molar-refractivity contribution in [2.75, 3.05) is 64.8 Å². The molecular formula is C91H123N19O26. The molecule has 4 aromatic carbocycles. The van der Waals surface area contributed by atoms with Gasteiger partial charge in [-0.2, -0.15) is 0 Å². The number of primary amides is 1. The number of aliphatic carboxylic acids is 3. The van der Waals surface area contributed by atoms with Gasteiger partial charge in [-0.1, -0.05) is 125 Å². The van der Waals surface area contributed by atoms with Crippen LogP contribution in [0, 0.1) is 5.92 Å². The lowest BCUT2D eigenvalue weighted by Crippen LogP contribution is -2.61. The number of nitrogens with two attached hydrogens (primary N) is 2. The van der Waals surface area contributed by atoms with Crippen molar-refractivity contribution in [2.24, 2.45) is 11.7 Å². The van der Waals surface area contributed by atoms with E-state index >= 15 is 14.4 Å². The number of H-pyrrole nitrogens is 1. The Kier molecular flexibility index (Phi) is 44.2. The number of esters is 1. The lowest BCUT2D eigenvalue weighted by Gasteiger charge is -2.34. The molecule has 2 fully saturated rings. The van der Waals surface area contributed by atoms with Gasteiger partial charge in [-0.25, -0.2) is 4.79 Å². The number of fused-ring (bicyclic) bond motifs is 1. The molecular weight excluding hydrogens is 1780 g/mol. The van der Waals surface area contributed by atoms with E-state index < -0.39 is 256 Å². The van der Waals surface area contributed by atoms with Crippen molar-refractivity contribution in [2.45, 2.75) is 223 Å². The number of aliphatic hydroxyl groups excluding tert-OH is 2. The van der Waals surface area contributed by atoms with Gasteiger partial charge in [0.1, 0.15) is 72.6 Å². The van der Waals surface area contributed by atoms with Gasteiger partial charge in [0.05, 0.1) is 45.4 Å². The summed E-state index contributed by atoms with van der Waals surface area (Å²) in [6.45, 7) is 3.76. The van der Waals surface area contributed by atoms with Crippen LogP contribution in [0.25, 0.3) is 10.9 Å². The molecule has 45 nitrogen and oxygen atoms in total. The average Bonchev–Trinajstić information content (AvgIpc) is 1.66. The Labute approximate surface area is 782 Å². The van der Waals surface area contributed by atoms with Gasteiger partial charge < -0.3 is 126 Å². The van der Waals surface area contributed by atoms with Gasteiger partial charge in [-0.3, -0.25) is 96.0 Å². The molecule has 738 valence electrons. The number of nitrogens with zero attached hydrogens (tertiary/aromatic N) is 2. The number of ether oxygens (including phenoxy) is 1. The average molecular weight is 1900 g/mol. The van der Waals surface area contributed by atoms with E-state index in [0.717, 1.165) is 65.0 Å². The van der Waals surface area contributed by atoms with E-state index in [1.165, 1.54) is 24.3 Å². The topological polar surface area (TPSA) is 695 Å². The summed E-state index contributed by atoms with van der Waals surface area (Å²) < 4.78 is 5.82. The van der Waals surface area contributed by atoms with Crippen molar-refractivity contribution in [1.82, 2.24) is 89.2 Å². The number of aromatic amines is 1. The molecule has 2 aliphatic rings. The van der Waals surface area contributed by atoms with Crippen molar-refractivity contribution in [1.29, 1.82) is 0 Å². The fourth-order valence-corrected chi connectivity index (χ4v) is 15.0. The Morgan fingerprint density at radius 3 is 1.76 bits per heavy atom. The molecule has 0 saturated carbocycles. The first-order chi connectivity index (χ1) is 64.8. The quantitative estimate of drug-likeness (QED) is 0.00806. The normalized spacial score (nSPS) is 20.5. The van der Waals surface area contributed by atoms with Gasteiger partial charge in [0.2, 0.25) is 82.7 Å². The Hall–Kier alpha value is -14.3. The number of nitrogen functional groups attached to an aromatic ring is 1. The summed E-state index contributed by atoms with van der Waals surface area (Å²) in [5, 5.41) is 84.1. The summed E-state index contributed by atoms with van der Waals surface area (Å²) in [5.41, 5.74) is 14.9. The summed E-state index contributed by atoms with van der Waals surface area (Å²) in [7, 11) is 0. The third-order valence-corrected chi connectivity index (χ3v) is 22.5. The predicted molar refractivity (Wildman–Crippen MR) is 486 cm³/mol. The molecule has 2 aliphatic heterocycles. The highest BCUT2D eigenvalue weighted by atomic mass is 16.5. The minimum absolute atomic E-state index is 0.00530. The van der Waals surface area contributed by atoms with E-state index in [1.54, 1.807) is 59.6 Å². The highest BCUT2D eigenvalue weighted by molar-refractivity contribution is 6.05. The highest BCUT2D eigenvalue weighted by Gasteiger charge is 2.41. The SMILES string of the molecule is CCCCCCCCCC(=O)N[C@@H](Cc1c[nH]c2ccccc12)C(=O)N[C@@H](CC(N)=O)C(=O)N[C@@H](CCO)C(=O)N[C@@H]1C(=O)NCC(=O)N[C@@H](CCCNCc2ccc(C(=O)N3CCN(Cc4ccccc4)CC3)cc2)C(=O)N[C@@H](CC(=O)O)C(=O)N[C@H](C)C(=O)N[C@@H](CC(=O)O)C(=O)NCC(=O)N[C@H](CO)C(=O)N[C@@H]([C@H](C)CC(=O)O)C(=O)N[C@@H](CC(=O)c2ccccc2N)C(=O)O[C@@H]1C. The molecule has 45 heteroatoms. The van der Waals surface area contributed by atoms with Gasteiger partial charge in [-0.05, 0) is 99.0 Å². The number of carboxylic acids is 3. The number of unbranched alkanes of at least 4 members (excludes halogenated alkanes) is 6. The van der Waals surface area contributed by atoms with Gasteiger partial charge >= 0.3 is 23.9 Å². The summed E-state index contributed by atoms with van der Waals surface area (Å²) in [6.07, 6.45) is -1.28. The molecule has 0 radical (unpaired) electrons. The summed E-state index contributed by atoms with van der Waals surface area (Å²) in [5.74, 6) is -27.3. The molecule has 3 heterocycles. The van der Waals surface area contributed by atoms with E-state index in [9.17, 15) is 107 Å². The Bertz CT molecular complexity index is 5030. The first-order valence-corrected chi connectivity index (χ1v) is 44.9. The number of amides is 15. The number of ketones is 1. The highest BCUT2D eigenvalue weighted by Crippen LogP contribution is 2.23. The van der Waals surface area contributed by atoms with Crippen LogP contribution in [0.15, 0.2) is 109 Å². The molecule has 0 unspecified atom stereocenters. The number of Topliss-reactive ketones (excluding diaryl/α,β-unsaturated/α-hetero) is 1. The van der Waals surface area contributed by atoms with Crippen LogP contribution in [0.1, 0.15) is 168 Å². The Morgan fingerprint density at radius 2 is 1.12 bits per heavy atom. The minimum Gasteiger partial charge on any atom is -0.481 e. The van der Waals surface area contributed by atoms with Gasteiger partial charge in [0.25, 0.3) is 5.91 Å². The zero-order valence-electron chi connectivity index (χ0n) is 76.1. The van der Waals surface area contributed by atoms with E-state index in [4.69, 9.17) is 16.2 Å². The molecule has 0 aliphatic carbocycles. The number of carbonyl (C=O) groups excluding carboxylic acids is 17. The molecule has 7 rings (SSSR count). The van der Waals surface area contributed by atoms with Crippen molar-refractivity contribution in [3.8, 4) is 0 Å². The van der Waals surface area contributed by atoms with E-state index in [2.05, 4.69) is 80.6 Å². The van der Waals surface area contributed by atoms with Crippen LogP contribution < -0.4 is 85.9 Å². The van der Waals surface area contributed by atoms with Crippen LogP contribution in [-0.2, 0) is 111 Å². The summed E-state index contributed by atoms with van der Waals surface area (Å²) in [6, 6.07) is 6.88. The zero-order chi connectivity index (χ0) is 99.7. The molecule has 0 spiro atoms. The number of cyclic esters (lactones) is 1. The first-order valence-electron chi connectivity index (χ1n) is 44.9. The number of carboxylic acid groups (broad SMARTS) is 3. The lowest BCUT2D eigenvalue weighted by molar-refractivity contribution is -0.156. The van der Waals surface area contributed by atoms with E-state index in [1.807, 2.05) is 41.0 Å². The maximum Gasteiger partial charge on any atom is 0.329 e. The monoisotopic (exact) mass is 1900 g/mol. The van der Waals surface area contributed by atoms with Crippen LogP contribution in [-0.4, -0.2) is 290 Å². The smallest absolute Gasteiger partial charge is 0.329 e. The van der Waals surface area contributed by atoms with Crippen LogP contribution in [0.2, 0.25) is 0 Å². The van der Waals surface area contributed by atoms with E-state index in [-0.39, 0.29) is 55.9 Å². The second-order valence-electron chi connectivity index (χ2n) is 33.3. The van der Waals surface area contributed by atoms with Crippen LogP contribution in [0.4, 0.5) is 5.69 Å². The lowest BCUT2D eigenvalue weighted by atomic mass is 9.96.